The number of carbonyl (C=O) groups is 2. The molecule has 11 heteroatoms. The van der Waals surface area contributed by atoms with Gasteiger partial charge in [0.1, 0.15) is 6.61 Å². The fourth-order valence-corrected chi connectivity index (χ4v) is 3.69. The van der Waals surface area contributed by atoms with Gasteiger partial charge in [-0.15, -0.1) is 0 Å². The van der Waals surface area contributed by atoms with Gasteiger partial charge in [-0.1, -0.05) is 18.2 Å². The molecule has 0 radical (unpaired) electrons. The van der Waals surface area contributed by atoms with E-state index in [4.69, 9.17) is 24.1 Å². The number of aliphatic hydroxyl groups excluding tert-OH is 1. The molecular formula is C23H30N2O9. The summed E-state index contributed by atoms with van der Waals surface area (Å²) in [6, 6.07) is 5.81. The van der Waals surface area contributed by atoms with Crippen molar-refractivity contribution >= 4 is 17.6 Å². The van der Waals surface area contributed by atoms with Gasteiger partial charge in [-0.05, 0) is 27.7 Å². The predicted molar refractivity (Wildman–Crippen MR) is 120 cm³/mol. The van der Waals surface area contributed by atoms with E-state index in [1.165, 1.54) is 18.2 Å². The summed E-state index contributed by atoms with van der Waals surface area (Å²) in [5.41, 5.74) is 0.183. The van der Waals surface area contributed by atoms with Crippen molar-refractivity contribution in [2.24, 2.45) is 0 Å². The molecule has 1 aliphatic heterocycles. The summed E-state index contributed by atoms with van der Waals surface area (Å²) in [5.74, 6) is -2.85. The lowest BCUT2D eigenvalue weighted by Crippen LogP contribution is -2.39. The Bertz CT molecular complexity index is 965. The number of allylic oxidation sites excluding steroid dienone is 1. The molecule has 1 atom stereocenters. The Hall–Kier alpha value is -3.28. The number of ether oxygens (including phenoxy) is 4. The van der Waals surface area contributed by atoms with Crippen LogP contribution in [0.1, 0.15) is 39.2 Å². The van der Waals surface area contributed by atoms with Gasteiger partial charge in [-0.3, -0.25) is 10.1 Å². The first-order chi connectivity index (χ1) is 16.3. The highest BCUT2D eigenvalue weighted by Gasteiger charge is 2.43. The first-order valence-corrected chi connectivity index (χ1v) is 11.0. The molecule has 0 fully saturated rings. The zero-order valence-electron chi connectivity index (χ0n) is 19.7. The summed E-state index contributed by atoms with van der Waals surface area (Å²) in [6.07, 6.45) is -1.02. The van der Waals surface area contributed by atoms with Crippen LogP contribution in [0.25, 0.3) is 0 Å². The molecule has 0 saturated heterocycles. The average molecular weight is 478 g/mol. The molecule has 1 aliphatic rings. The largest absolute Gasteiger partial charge is 0.463 e. The van der Waals surface area contributed by atoms with Gasteiger partial charge in [0.2, 0.25) is 0 Å². The molecule has 0 bridgehead atoms. The molecule has 0 saturated carbocycles. The average Bonchev–Trinajstić information content (AvgIpc) is 2.81. The molecule has 0 aliphatic carbocycles. The van der Waals surface area contributed by atoms with Crippen LogP contribution in [-0.4, -0.2) is 61.3 Å². The molecule has 186 valence electrons. The summed E-state index contributed by atoms with van der Waals surface area (Å²) in [5, 5.41) is 24.0. The standard InChI is InChI=1S/C23H30N2O9/c1-5-31-22(28)19-18(15-10-8-9-11-16(15)25(29)30)17(21(27)34-13-12-26)14(4)24-20(19)23(32-6-2)33-7-3/h8-11,18,23-24,26H,5-7,12-13H2,1-4H3. The van der Waals surface area contributed by atoms with Crippen LogP contribution in [-0.2, 0) is 28.5 Å². The first-order valence-electron chi connectivity index (χ1n) is 11.0. The normalized spacial score (nSPS) is 15.9. The Morgan fingerprint density at radius 1 is 1.06 bits per heavy atom. The minimum atomic E-state index is -1.22. The molecule has 2 N–H and O–H groups in total. The van der Waals surface area contributed by atoms with Crippen molar-refractivity contribution in [1.29, 1.82) is 0 Å². The van der Waals surface area contributed by atoms with Gasteiger partial charge in [-0.2, -0.15) is 0 Å². The molecule has 2 rings (SSSR count). The predicted octanol–water partition coefficient (Wildman–Crippen LogP) is 2.31. The second kappa shape index (κ2) is 12.8. The van der Waals surface area contributed by atoms with E-state index < -0.39 is 35.7 Å². The van der Waals surface area contributed by atoms with Crippen LogP contribution in [0, 0.1) is 10.1 Å². The van der Waals surface area contributed by atoms with Crippen LogP contribution >= 0.6 is 0 Å². The topological polar surface area (TPSA) is 146 Å². The van der Waals surface area contributed by atoms with Crippen molar-refractivity contribution in [2.75, 3.05) is 33.0 Å². The number of aliphatic hydroxyl groups is 1. The number of benzene rings is 1. The van der Waals surface area contributed by atoms with Crippen LogP contribution in [0.15, 0.2) is 46.8 Å². The molecule has 1 aromatic carbocycles. The fraction of sp³-hybridized carbons (Fsp3) is 0.478. The lowest BCUT2D eigenvalue weighted by atomic mass is 9.79. The number of hydrogen-bond donors (Lipinski definition) is 2. The molecule has 0 amide bonds. The minimum Gasteiger partial charge on any atom is -0.463 e. The van der Waals surface area contributed by atoms with E-state index in [9.17, 15) is 19.7 Å². The van der Waals surface area contributed by atoms with Crippen LogP contribution < -0.4 is 5.32 Å². The maximum Gasteiger partial charge on any atom is 0.336 e. The van der Waals surface area contributed by atoms with Gasteiger partial charge in [0.05, 0.1) is 40.9 Å². The SMILES string of the molecule is CCOC(=O)C1=C(C(OCC)OCC)NC(C)=C(C(=O)OCCO)C1c1ccccc1[N+](=O)[O-]. The highest BCUT2D eigenvalue weighted by atomic mass is 16.7. The number of nitro groups is 1. The van der Waals surface area contributed by atoms with Gasteiger partial charge >= 0.3 is 11.9 Å². The van der Waals surface area contributed by atoms with E-state index >= 15 is 0 Å². The lowest BCUT2D eigenvalue weighted by molar-refractivity contribution is -0.385. The van der Waals surface area contributed by atoms with E-state index in [-0.39, 0.29) is 54.5 Å². The Labute approximate surface area is 197 Å². The first kappa shape index (κ1) is 27.0. The molecule has 0 aromatic heterocycles. The second-order valence-electron chi connectivity index (χ2n) is 7.06. The summed E-state index contributed by atoms with van der Waals surface area (Å²) in [4.78, 5) is 37.6. The van der Waals surface area contributed by atoms with Crippen LogP contribution in [0.4, 0.5) is 5.69 Å². The van der Waals surface area contributed by atoms with Crippen molar-refractivity contribution in [2.45, 2.75) is 39.9 Å². The zero-order chi connectivity index (χ0) is 25.3. The number of nitrogens with one attached hydrogen (secondary N) is 1. The maximum absolute atomic E-state index is 13.3. The van der Waals surface area contributed by atoms with Crippen LogP contribution in [0.2, 0.25) is 0 Å². The fourth-order valence-electron chi connectivity index (χ4n) is 3.69. The molecule has 0 spiro atoms. The number of nitro benzene ring substituents is 1. The number of esters is 2. The molecule has 1 unspecified atom stereocenters. The van der Waals surface area contributed by atoms with Gasteiger partial charge in [-0.25, -0.2) is 9.59 Å². The quantitative estimate of drug-likeness (QED) is 0.198. The van der Waals surface area contributed by atoms with Gasteiger partial charge < -0.3 is 29.4 Å². The van der Waals surface area contributed by atoms with Crippen molar-refractivity contribution in [1.82, 2.24) is 5.32 Å². The van der Waals surface area contributed by atoms with Crippen molar-refractivity contribution in [3.8, 4) is 0 Å². The Kier molecular flexibility index (Phi) is 10.2. The zero-order valence-corrected chi connectivity index (χ0v) is 19.7. The molecule has 34 heavy (non-hydrogen) atoms. The van der Waals surface area contributed by atoms with E-state index in [1.54, 1.807) is 33.8 Å². The third-order valence-electron chi connectivity index (χ3n) is 4.95. The molecule has 1 aromatic rings. The molecular weight excluding hydrogens is 448 g/mol. The van der Waals surface area contributed by atoms with Crippen LogP contribution in [0.3, 0.4) is 0 Å². The number of carbonyl (C=O) groups excluding carboxylic acids is 2. The number of para-hydroxylation sites is 1. The van der Waals surface area contributed by atoms with Gasteiger partial charge in [0.15, 0.2) is 6.29 Å². The Morgan fingerprint density at radius 3 is 2.24 bits per heavy atom. The number of dihydropyridines is 1. The number of hydrogen-bond acceptors (Lipinski definition) is 10. The number of rotatable bonds is 12. The van der Waals surface area contributed by atoms with Crippen molar-refractivity contribution < 1.29 is 38.6 Å². The van der Waals surface area contributed by atoms with E-state index in [1.807, 2.05) is 0 Å². The second-order valence-corrected chi connectivity index (χ2v) is 7.06. The number of nitrogens with zero attached hydrogens (tertiary/aromatic N) is 1. The highest BCUT2D eigenvalue weighted by molar-refractivity contribution is 6.00. The highest BCUT2D eigenvalue weighted by Crippen LogP contribution is 2.43. The van der Waals surface area contributed by atoms with Crippen molar-refractivity contribution in [3.63, 3.8) is 0 Å². The summed E-state index contributed by atoms with van der Waals surface area (Å²) in [7, 11) is 0. The minimum absolute atomic E-state index is 0.0266. The maximum atomic E-state index is 13.3. The molecule has 1 heterocycles. The summed E-state index contributed by atoms with van der Waals surface area (Å²) in [6.45, 7) is 6.52. The summed E-state index contributed by atoms with van der Waals surface area (Å²) < 4.78 is 21.8. The smallest absolute Gasteiger partial charge is 0.336 e. The monoisotopic (exact) mass is 478 g/mol. The van der Waals surface area contributed by atoms with Gasteiger partial charge in [0.25, 0.3) is 5.69 Å². The van der Waals surface area contributed by atoms with E-state index in [0.717, 1.165) is 0 Å². The van der Waals surface area contributed by atoms with E-state index in [0.29, 0.717) is 5.70 Å². The Balaban J connectivity index is 2.87. The lowest BCUT2D eigenvalue weighted by Gasteiger charge is -2.34. The van der Waals surface area contributed by atoms with E-state index in [2.05, 4.69) is 5.32 Å². The van der Waals surface area contributed by atoms with Gasteiger partial charge in [0, 0.05) is 30.5 Å². The Morgan fingerprint density at radius 2 is 1.68 bits per heavy atom. The third-order valence-corrected chi connectivity index (χ3v) is 4.95. The molecule has 11 nitrogen and oxygen atoms in total. The van der Waals surface area contributed by atoms with Crippen molar-refractivity contribution in [3.05, 3.63) is 62.5 Å². The van der Waals surface area contributed by atoms with Crippen LogP contribution in [0.5, 0.6) is 0 Å². The summed E-state index contributed by atoms with van der Waals surface area (Å²) >= 11 is 0. The third kappa shape index (κ3) is 5.99.